The molecule has 1 aliphatic rings. The van der Waals surface area contributed by atoms with E-state index in [-0.39, 0.29) is 0 Å². The van der Waals surface area contributed by atoms with Crippen molar-refractivity contribution in [2.24, 2.45) is 11.7 Å². The van der Waals surface area contributed by atoms with Gasteiger partial charge in [-0.05, 0) is 36.5 Å². The second-order valence-electron chi connectivity index (χ2n) is 5.36. The second kappa shape index (κ2) is 6.58. The first kappa shape index (κ1) is 13.9. The third-order valence-corrected chi connectivity index (χ3v) is 4.69. The van der Waals surface area contributed by atoms with E-state index < -0.39 is 0 Å². The number of hydrogen-bond donors (Lipinski definition) is 1. The molecule has 0 radical (unpaired) electrons. The molecule has 2 nitrogen and oxygen atoms in total. The Labute approximate surface area is 119 Å². The van der Waals surface area contributed by atoms with E-state index >= 15 is 0 Å². The van der Waals surface area contributed by atoms with E-state index in [1.54, 1.807) is 0 Å². The van der Waals surface area contributed by atoms with Gasteiger partial charge in [-0.1, -0.05) is 41.3 Å². The number of rotatable bonds is 4. The molecule has 100 valence electrons. The third kappa shape index (κ3) is 3.48. The van der Waals surface area contributed by atoms with Crippen LogP contribution in [0.4, 0.5) is 5.69 Å². The quantitative estimate of drug-likeness (QED) is 0.913. The van der Waals surface area contributed by atoms with Crippen LogP contribution >= 0.6 is 15.9 Å². The fourth-order valence-electron chi connectivity index (χ4n) is 2.80. The van der Waals surface area contributed by atoms with Gasteiger partial charge in [0.15, 0.2) is 0 Å². The molecule has 1 aromatic carbocycles. The lowest BCUT2D eigenvalue weighted by Gasteiger charge is -2.28. The molecular formula is C15H23BrN2. The molecule has 2 rings (SSSR count). The summed E-state index contributed by atoms with van der Waals surface area (Å²) in [6, 6.07) is 6.48. The van der Waals surface area contributed by atoms with Crippen LogP contribution in [-0.2, 0) is 6.54 Å². The average molecular weight is 311 g/mol. The highest BCUT2D eigenvalue weighted by atomic mass is 79.9. The van der Waals surface area contributed by atoms with Crippen LogP contribution in [0.3, 0.4) is 0 Å². The lowest BCUT2D eigenvalue weighted by molar-refractivity contribution is 0.362. The zero-order chi connectivity index (χ0) is 13.0. The average Bonchev–Trinajstić information content (AvgIpc) is 2.39. The SMILES string of the molecule is CN(CC1CCCCC1)c1ccc(CN)c(Br)c1. The minimum absolute atomic E-state index is 0.590. The van der Waals surface area contributed by atoms with Gasteiger partial charge in [-0.3, -0.25) is 0 Å². The van der Waals surface area contributed by atoms with Gasteiger partial charge >= 0.3 is 0 Å². The summed E-state index contributed by atoms with van der Waals surface area (Å²) in [6.07, 6.45) is 7.04. The van der Waals surface area contributed by atoms with Crippen LogP contribution in [-0.4, -0.2) is 13.6 Å². The van der Waals surface area contributed by atoms with E-state index in [1.165, 1.54) is 49.9 Å². The smallest absolute Gasteiger partial charge is 0.0375 e. The van der Waals surface area contributed by atoms with E-state index in [1.807, 2.05) is 0 Å². The fourth-order valence-corrected chi connectivity index (χ4v) is 3.33. The molecule has 0 amide bonds. The van der Waals surface area contributed by atoms with E-state index in [4.69, 9.17) is 5.73 Å². The number of benzene rings is 1. The van der Waals surface area contributed by atoms with Crippen LogP contribution in [0.1, 0.15) is 37.7 Å². The Morgan fingerprint density at radius 1 is 1.28 bits per heavy atom. The monoisotopic (exact) mass is 310 g/mol. The number of hydrogen-bond acceptors (Lipinski definition) is 2. The van der Waals surface area contributed by atoms with Crippen molar-refractivity contribution in [1.82, 2.24) is 0 Å². The molecule has 18 heavy (non-hydrogen) atoms. The van der Waals surface area contributed by atoms with Crippen molar-refractivity contribution >= 4 is 21.6 Å². The van der Waals surface area contributed by atoms with Crippen LogP contribution in [0.5, 0.6) is 0 Å². The van der Waals surface area contributed by atoms with Gasteiger partial charge in [0.25, 0.3) is 0 Å². The van der Waals surface area contributed by atoms with Crippen molar-refractivity contribution in [3.63, 3.8) is 0 Å². The summed E-state index contributed by atoms with van der Waals surface area (Å²) in [5.41, 5.74) is 8.14. The molecule has 2 N–H and O–H groups in total. The molecule has 0 bridgehead atoms. The van der Waals surface area contributed by atoms with Crippen LogP contribution in [0.15, 0.2) is 22.7 Å². The van der Waals surface area contributed by atoms with Crippen molar-refractivity contribution < 1.29 is 0 Å². The lowest BCUT2D eigenvalue weighted by atomic mass is 9.89. The Morgan fingerprint density at radius 3 is 2.61 bits per heavy atom. The van der Waals surface area contributed by atoms with Gasteiger partial charge in [-0.15, -0.1) is 0 Å². The highest BCUT2D eigenvalue weighted by molar-refractivity contribution is 9.10. The zero-order valence-corrected chi connectivity index (χ0v) is 12.7. The maximum absolute atomic E-state index is 5.68. The van der Waals surface area contributed by atoms with E-state index in [0.717, 1.165) is 10.4 Å². The van der Waals surface area contributed by atoms with Crippen LogP contribution in [0.25, 0.3) is 0 Å². The van der Waals surface area contributed by atoms with Gasteiger partial charge < -0.3 is 10.6 Å². The Kier molecular flexibility index (Phi) is 5.07. The Hall–Kier alpha value is -0.540. The Morgan fingerprint density at radius 2 is 2.00 bits per heavy atom. The summed E-state index contributed by atoms with van der Waals surface area (Å²) in [5.74, 6) is 0.872. The number of anilines is 1. The largest absolute Gasteiger partial charge is 0.374 e. The number of halogens is 1. The standard InChI is InChI=1S/C15H23BrN2/c1-18(11-12-5-3-2-4-6-12)14-8-7-13(10-17)15(16)9-14/h7-9,12H,2-6,10-11,17H2,1H3. The summed E-state index contributed by atoms with van der Waals surface area (Å²) in [5, 5.41) is 0. The van der Waals surface area contributed by atoms with Crippen molar-refractivity contribution in [2.75, 3.05) is 18.5 Å². The van der Waals surface area contributed by atoms with Crippen LogP contribution in [0.2, 0.25) is 0 Å². The van der Waals surface area contributed by atoms with E-state index in [9.17, 15) is 0 Å². The molecule has 1 aromatic rings. The van der Waals surface area contributed by atoms with Gasteiger partial charge in [0.2, 0.25) is 0 Å². The topological polar surface area (TPSA) is 29.3 Å². The molecule has 0 unspecified atom stereocenters. The third-order valence-electron chi connectivity index (χ3n) is 3.95. The molecule has 0 spiro atoms. The van der Waals surface area contributed by atoms with Crippen LogP contribution in [0, 0.1) is 5.92 Å². The Bertz CT molecular complexity index is 386. The maximum atomic E-state index is 5.68. The molecule has 3 heteroatoms. The van der Waals surface area contributed by atoms with Crippen molar-refractivity contribution in [1.29, 1.82) is 0 Å². The van der Waals surface area contributed by atoms with Crippen molar-refractivity contribution in [3.8, 4) is 0 Å². The molecule has 1 saturated carbocycles. The van der Waals surface area contributed by atoms with Gasteiger partial charge in [-0.25, -0.2) is 0 Å². The molecule has 1 aliphatic carbocycles. The fraction of sp³-hybridized carbons (Fsp3) is 0.600. The first-order valence-corrected chi connectivity index (χ1v) is 7.69. The summed E-state index contributed by atoms with van der Waals surface area (Å²) < 4.78 is 1.12. The molecule has 0 heterocycles. The molecule has 0 aliphatic heterocycles. The summed E-state index contributed by atoms with van der Waals surface area (Å²) >= 11 is 3.59. The first-order chi connectivity index (χ1) is 8.70. The lowest BCUT2D eigenvalue weighted by Crippen LogP contribution is -2.26. The van der Waals surface area contributed by atoms with Gasteiger partial charge in [0.1, 0.15) is 0 Å². The van der Waals surface area contributed by atoms with Gasteiger partial charge in [0.05, 0.1) is 0 Å². The van der Waals surface area contributed by atoms with Gasteiger partial charge in [0, 0.05) is 30.3 Å². The van der Waals surface area contributed by atoms with E-state index in [2.05, 4.69) is 46.1 Å². The Balaban J connectivity index is 1.99. The molecule has 1 fully saturated rings. The molecular weight excluding hydrogens is 288 g/mol. The molecule has 0 saturated heterocycles. The second-order valence-corrected chi connectivity index (χ2v) is 6.22. The number of nitrogens with two attached hydrogens (primary N) is 1. The predicted molar refractivity (Wildman–Crippen MR) is 81.9 cm³/mol. The van der Waals surface area contributed by atoms with Crippen LogP contribution < -0.4 is 10.6 Å². The minimum atomic E-state index is 0.590. The highest BCUT2D eigenvalue weighted by Gasteiger charge is 2.15. The molecule has 0 atom stereocenters. The first-order valence-electron chi connectivity index (χ1n) is 6.90. The summed E-state index contributed by atoms with van der Waals surface area (Å²) in [4.78, 5) is 2.38. The van der Waals surface area contributed by atoms with Crippen molar-refractivity contribution in [2.45, 2.75) is 38.6 Å². The minimum Gasteiger partial charge on any atom is -0.374 e. The normalized spacial score (nSPS) is 16.8. The summed E-state index contributed by atoms with van der Waals surface area (Å²) in [6.45, 7) is 1.77. The van der Waals surface area contributed by atoms with E-state index in [0.29, 0.717) is 6.54 Å². The van der Waals surface area contributed by atoms with Gasteiger partial charge in [-0.2, -0.15) is 0 Å². The highest BCUT2D eigenvalue weighted by Crippen LogP contribution is 2.28. The molecule has 0 aromatic heterocycles. The van der Waals surface area contributed by atoms with Crippen molar-refractivity contribution in [3.05, 3.63) is 28.2 Å². The number of nitrogens with zero attached hydrogens (tertiary/aromatic N) is 1. The summed E-state index contributed by atoms with van der Waals surface area (Å²) in [7, 11) is 2.19. The predicted octanol–water partition coefficient (Wildman–Crippen LogP) is 3.92. The zero-order valence-electron chi connectivity index (χ0n) is 11.2. The maximum Gasteiger partial charge on any atom is 0.0375 e.